The number of nitrogens with two attached hydrogens (primary N) is 1. The largest absolute Gasteiger partial charge is 0.395 e. The minimum absolute atomic E-state index is 0.0177. The number of benzene rings is 2. The van der Waals surface area contributed by atoms with E-state index >= 15 is 0 Å². The third-order valence-corrected chi connectivity index (χ3v) is 4.12. The molecule has 2 aromatic carbocycles. The summed E-state index contributed by atoms with van der Waals surface area (Å²) < 4.78 is 43.2. The van der Waals surface area contributed by atoms with Crippen LogP contribution in [0.5, 0.6) is 0 Å². The minimum atomic E-state index is -1.44. The number of hydrogen-bond acceptors (Lipinski definition) is 7. The maximum absolute atomic E-state index is 14.7. The van der Waals surface area contributed by atoms with E-state index in [2.05, 4.69) is 15.8 Å². The van der Waals surface area contributed by atoms with Crippen molar-refractivity contribution < 1.29 is 37.8 Å². The average molecular weight is 529 g/mol. The lowest BCUT2D eigenvalue weighted by Gasteiger charge is -2.14. The van der Waals surface area contributed by atoms with Crippen LogP contribution in [0.2, 0.25) is 0 Å². The lowest BCUT2D eigenvalue weighted by molar-refractivity contribution is -0.122. The summed E-state index contributed by atoms with van der Waals surface area (Å²) in [6.45, 7) is 8.93. The van der Waals surface area contributed by atoms with Crippen LogP contribution in [0.25, 0.3) is 0 Å². The summed E-state index contributed by atoms with van der Waals surface area (Å²) in [4.78, 5) is 28.2. The van der Waals surface area contributed by atoms with Crippen molar-refractivity contribution in [3.05, 3.63) is 58.4 Å². The van der Waals surface area contributed by atoms with Gasteiger partial charge < -0.3 is 31.4 Å². The Hall–Kier alpha value is -3.64. The number of carbonyl (C=O) groups is 2. The fourth-order valence-corrected chi connectivity index (χ4v) is 2.59. The van der Waals surface area contributed by atoms with Gasteiger partial charge in [0.25, 0.3) is 5.91 Å². The van der Waals surface area contributed by atoms with Gasteiger partial charge in [0, 0.05) is 11.6 Å². The molecule has 0 aromatic heterocycles. The van der Waals surface area contributed by atoms with Gasteiger partial charge >= 0.3 is 0 Å². The first kappa shape index (κ1) is 33.4. The lowest BCUT2D eigenvalue weighted by atomic mass is 10.1. The van der Waals surface area contributed by atoms with Gasteiger partial charge in [0.2, 0.25) is 5.91 Å². The summed E-state index contributed by atoms with van der Waals surface area (Å²) in [6.07, 6.45) is 0.866. The van der Waals surface area contributed by atoms with Gasteiger partial charge in [-0.25, -0.2) is 13.2 Å². The number of anilines is 2. The second-order valence-corrected chi connectivity index (χ2v) is 7.48. The Morgan fingerprint density at radius 2 is 1.73 bits per heavy atom. The zero-order valence-corrected chi connectivity index (χ0v) is 21.6. The van der Waals surface area contributed by atoms with Crippen LogP contribution in [0.1, 0.15) is 55.6 Å². The highest BCUT2D eigenvalue weighted by atomic mass is 19.2. The molecule has 2 rings (SSSR count). The maximum atomic E-state index is 14.7. The first-order valence-electron chi connectivity index (χ1n) is 11.5. The highest BCUT2D eigenvalue weighted by molar-refractivity contribution is 6.01. The molecule has 6 N–H and O–H groups in total. The number of oxime groups is 1. The molecule has 0 atom stereocenters. The zero-order valence-electron chi connectivity index (χ0n) is 21.6. The number of hydrogen-bond donors (Lipinski definition) is 5. The number of aryl methyl sites for hydroxylation is 1. The third-order valence-electron chi connectivity index (χ3n) is 4.12. The van der Waals surface area contributed by atoms with Crippen molar-refractivity contribution in [2.75, 3.05) is 25.1 Å². The fourth-order valence-electron chi connectivity index (χ4n) is 2.59. The van der Waals surface area contributed by atoms with Crippen LogP contribution < -0.4 is 16.4 Å². The average Bonchev–Trinajstić information content (AvgIpc) is 2.85. The summed E-state index contributed by atoms with van der Waals surface area (Å²) in [5.41, 5.74) is 4.34. The molecule has 0 saturated heterocycles. The molecule has 37 heavy (non-hydrogen) atoms. The SMILES string of the molecule is CC.Cc1ccc(Nc2c(C(N)=O)cc(/C=N/OCCC(=O)NC(C)C)c(F)c2F)c(F)c1.OCCO. The topological polar surface area (TPSA) is 146 Å². The second kappa shape index (κ2) is 17.7. The molecule has 206 valence electrons. The summed E-state index contributed by atoms with van der Waals surface area (Å²) in [5, 5.41) is 23.8. The number of nitrogens with zero attached hydrogens (tertiary/aromatic N) is 1. The van der Waals surface area contributed by atoms with Crippen molar-refractivity contribution in [3.63, 3.8) is 0 Å². The van der Waals surface area contributed by atoms with E-state index in [0.29, 0.717) is 5.56 Å². The Bertz CT molecular complexity index is 1050. The summed E-state index contributed by atoms with van der Waals surface area (Å²) in [7, 11) is 0. The molecule has 0 aliphatic heterocycles. The third kappa shape index (κ3) is 11.8. The van der Waals surface area contributed by atoms with Crippen molar-refractivity contribution in [2.45, 2.75) is 47.1 Å². The van der Waals surface area contributed by atoms with Gasteiger partial charge in [-0.3, -0.25) is 9.59 Å². The molecule has 0 unspecified atom stereocenters. The van der Waals surface area contributed by atoms with Gasteiger partial charge in [-0.1, -0.05) is 25.1 Å². The molecule has 0 aliphatic carbocycles. The molecule has 12 heteroatoms. The van der Waals surface area contributed by atoms with Crippen molar-refractivity contribution in [2.24, 2.45) is 10.9 Å². The molecule has 0 bridgehead atoms. The van der Waals surface area contributed by atoms with Crippen LogP contribution in [0.3, 0.4) is 0 Å². The van der Waals surface area contributed by atoms with Gasteiger partial charge in [0.1, 0.15) is 12.4 Å². The van der Waals surface area contributed by atoms with Gasteiger partial charge in [-0.15, -0.1) is 0 Å². The number of primary amides is 1. The quantitative estimate of drug-likeness (QED) is 0.181. The van der Waals surface area contributed by atoms with E-state index < -0.39 is 40.2 Å². The molecular formula is C25H35F3N4O5. The van der Waals surface area contributed by atoms with Crippen LogP contribution in [0, 0.1) is 24.4 Å². The smallest absolute Gasteiger partial charge is 0.250 e. The zero-order chi connectivity index (χ0) is 28.5. The first-order chi connectivity index (χ1) is 17.5. The van der Waals surface area contributed by atoms with E-state index in [1.807, 2.05) is 13.8 Å². The molecule has 0 fully saturated rings. The van der Waals surface area contributed by atoms with Gasteiger partial charge in [0.15, 0.2) is 11.6 Å². The molecule has 9 nitrogen and oxygen atoms in total. The number of nitrogens with one attached hydrogen (secondary N) is 2. The standard InChI is InChI=1S/C21H23F3N4O3.C2H6O2.C2H6/c1-11(2)27-17(29)6-7-31-26-10-13-9-14(21(25)30)20(19(24)18(13)23)28-16-5-4-12(3)8-15(16)22;3-1-2-4;1-2/h4-5,8-11,28H,6-7H2,1-3H3,(H2,25,30)(H,27,29);3-4H,1-2H2;1-2H3/b26-10+;;. The predicted molar refractivity (Wildman–Crippen MR) is 136 cm³/mol. The van der Waals surface area contributed by atoms with E-state index in [0.717, 1.165) is 12.3 Å². The van der Waals surface area contributed by atoms with E-state index in [4.69, 9.17) is 20.8 Å². The normalized spacial score (nSPS) is 10.2. The lowest BCUT2D eigenvalue weighted by Crippen LogP contribution is -2.30. The molecule has 2 aromatic rings. The number of aliphatic hydroxyl groups is 2. The molecule has 2 amide bonds. The molecule has 0 spiro atoms. The summed E-state index contributed by atoms with van der Waals surface area (Å²) in [6, 6.07) is 5.02. The summed E-state index contributed by atoms with van der Waals surface area (Å²) >= 11 is 0. The van der Waals surface area contributed by atoms with E-state index in [9.17, 15) is 22.8 Å². The number of rotatable bonds is 10. The van der Waals surface area contributed by atoms with E-state index in [1.165, 1.54) is 12.1 Å². The molecule has 0 aliphatic rings. The van der Waals surface area contributed by atoms with Crippen molar-refractivity contribution >= 4 is 29.4 Å². The second-order valence-electron chi connectivity index (χ2n) is 7.48. The van der Waals surface area contributed by atoms with Gasteiger partial charge in [0.05, 0.1) is 42.8 Å². The Balaban J connectivity index is 0.00000196. The fraction of sp³-hybridized carbons (Fsp3) is 0.400. The van der Waals surface area contributed by atoms with Crippen LogP contribution in [0.4, 0.5) is 24.5 Å². The molecule has 0 radical (unpaired) electrons. The van der Waals surface area contributed by atoms with Gasteiger partial charge in [-0.2, -0.15) is 0 Å². The van der Waals surface area contributed by atoms with Crippen LogP contribution >= 0.6 is 0 Å². The molecular weight excluding hydrogens is 493 g/mol. The van der Waals surface area contributed by atoms with Crippen LogP contribution in [0.15, 0.2) is 29.4 Å². The van der Waals surface area contributed by atoms with Gasteiger partial charge in [-0.05, 0) is 44.5 Å². The summed E-state index contributed by atoms with van der Waals surface area (Å²) in [5.74, 6) is -4.80. The van der Waals surface area contributed by atoms with Crippen molar-refractivity contribution in [1.29, 1.82) is 0 Å². The molecule has 0 heterocycles. The van der Waals surface area contributed by atoms with Crippen LogP contribution in [-0.2, 0) is 9.63 Å². The van der Waals surface area contributed by atoms with Crippen molar-refractivity contribution in [3.8, 4) is 0 Å². The first-order valence-corrected chi connectivity index (χ1v) is 11.5. The Morgan fingerprint density at radius 1 is 1.11 bits per heavy atom. The predicted octanol–water partition coefficient (Wildman–Crippen LogP) is 3.52. The maximum Gasteiger partial charge on any atom is 0.250 e. The Morgan fingerprint density at radius 3 is 2.24 bits per heavy atom. The number of amides is 2. The minimum Gasteiger partial charge on any atom is -0.395 e. The molecule has 0 saturated carbocycles. The van der Waals surface area contributed by atoms with Crippen molar-refractivity contribution in [1.82, 2.24) is 5.32 Å². The highest BCUT2D eigenvalue weighted by Crippen LogP contribution is 2.29. The number of carbonyl (C=O) groups excluding carboxylic acids is 2. The number of halogens is 3. The Labute approximate surface area is 214 Å². The van der Waals surface area contributed by atoms with E-state index in [-0.39, 0.29) is 43.9 Å². The van der Waals surface area contributed by atoms with Crippen LogP contribution in [-0.4, -0.2) is 54.1 Å². The highest BCUT2D eigenvalue weighted by Gasteiger charge is 2.22. The monoisotopic (exact) mass is 528 g/mol. The Kier molecular flexibility index (Phi) is 16.0. The number of aliphatic hydroxyl groups excluding tert-OH is 2. The van der Waals surface area contributed by atoms with E-state index in [1.54, 1.807) is 26.8 Å².